The number of aliphatic hydroxyl groups is 1. The monoisotopic (exact) mass is 246 g/mol. The number of Topliss-reactive ketones (excluding diaryl/α,β-unsaturated/α-hetero) is 1. The molecule has 0 aliphatic rings. The Morgan fingerprint density at radius 2 is 2.11 bits per heavy atom. The van der Waals surface area contributed by atoms with Crippen molar-refractivity contribution in [1.82, 2.24) is 9.61 Å². The number of nitrogens with zero attached hydrogens (tertiary/aromatic N) is 2. The van der Waals surface area contributed by atoms with Gasteiger partial charge in [-0.2, -0.15) is 5.10 Å². The van der Waals surface area contributed by atoms with Gasteiger partial charge >= 0.3 is 0 Å². The van der Waals surface area contributed by atoms with Crippen molar-refractivity contribution in [3.8, 4) is 0 Å². The highest BCUT2D eigenvalue weighted by Gasteiger charge is 2.24. The first-order valence-electron chi connectivity index (χ1n) is 6.18. The molecule has 0 fully saturated rings. The molecule has 0 bridgehead atoms. The minimum Gasteiger partial charge on any atom is -0.396 e. The topological polar surface area (TPSA) is 54.6 Å². The van der Waals surface area contributed by atoms with Crippen molar-refractivity contribution < 1.29 is 9.90 Å². The van der Waals surface area contributed by atoms with Gasteiger partial charge in [-0.3, -0.25) is 4.79 Å². The molecule has 0 amide bonds. The van der Waals surface area contributed by atoms with E-state index in [0.29, 0.717) is 5.56 Å². The van der Waals surface area contributed by atoms with Crippen LogP contribution in [0.1, 0.15) is 42.7 Å². The van der Waals surface area contributed by atoms with E-state index in [1.54, 1.807) is 11.4 Å². The summed E-state index contributed by atoms with van der Waals surface area (Å²) in [6.45, 7) is 5.63. The van der Waals surface area contributed by atoms with Gasteiger partial charge < -0.3 is 5.11 Å². The summed E-state index contributed by atoms with van der Waals surface area (Å²) < 4.78 is 1.73. The van der Waals surface area contributed by atoms with Crippen LogP contribution in [0.5, 0.6) is 0 Å². The second kappa shape index (κ2) is 4.90. The lowest BCUT2D eigenvalue weighted by Crippen LogP contribution is -2.16. The number of aromatic nitrogens is 2. The van der Waals surface area contributed by atoms with Crippen LogP contribution in [-0.4, -0.2) is 27.1 Å². The van der Waals surface area contributed by atoms with Crippen molar-refractivity contribution in [2.75, 3.05) is 6.61 Å². The van der Waals surface area contributed by atoms with Gasteiger partial charge in [-0.15, -0.1) is 0 Å². The third-order valence-electron chi connectivity index (χ3n) is 3.08. The summed E-state index contributed by atoms with van der Waals surface area (Å²) in [7, 11) is 0. The predicted octanol–water partition coefficient (Wildman–Crippen LogP) is 2.27. The molecule has 0 radical (unpaired) electrons. The standard InChI is InChI=1S/C14H18N2O2/c1-9(2)13-12(14(18)10(3)8-17)11-6-4-5-7-16(11)15-13/h4-7,9-10,17H,8H2,1-3H3. The highest BCUT2D eigenvalue weighted by Crippen LogP contribution is 2.25. The molecule has 0 spiro atoms. The largest absolute Gasteiger partial charge is 0.396 e. The fourth-order valence-corrected chi connectivity index (χ4v) is 2.00. The summed E-state index contributed by atoms with van der Waals surface area (Å²) >= 11 is 0. The van der Waals surface area contributed by atoms with E-state index in [-0.39, 0.29) is 18.3 Å². The molecule has 0 aromatic carbocycles. The molecule has 18 heavy (non-hydrogen) atoms. The molecule has 96 valence electrons. The molecule has 1 atom stereocenters. The molecule has 2 aromatic rings. The second-order valence-electron chi connectivity index (χ2n) is 4.89. The maximum Gasteiger partial charge on any atom is 0.172 e. The molecule has 2 aromatic heterocycles. The van der Waals surface area contributed by atoms with Crippen LogP contribution in [0.2, 0.25) is 0 Å². The number of hydrogen-bond donors (Lipinski definition) is 1. The van der Waals surface area contributed by atoms with Crippen LogP contribution in [0, 0.1) is 5.92 Å². The zero-order chi connectivity index (χ0) is 13.3. The lowest BCUT2D eigenvalue weighted by Gasteiger charge is -2.09. The van der Waals surface area contributed by atoms with E-state index in [1.165, 1.54) is 0 Å². The van der Waals surface area contributed by atoms with Crippen molar-refractivity contribution in [2.45, 2.75) is 26.7 Å². The van der Waals surface area contributed by atoms with Crippen LogP contribution in [-0.2, 0) is 0 Å². The summed E-state index contributed by atoms with van der Waals surface area (Å²) in [5, 5.41) is 13.6. The van der Waals surface area contributed by atoms with E-state index in [9.17, 15) is 4.79 Å². The first-order chi connectivity index (χ1) is 8.56. The van der Waals surface area contributed by atoms with Gasteiger partial charge in [-0.05, 0) is 18.1 Å². The Kier molecular flexibility index (Phi) is 3.48. The van der Waals surface area contributed by atoms with Gasteiger partial charge in [0.05, 0.1) is 23.4 Å². The molecule has 4 heteroatoms. The molecule has 0 aliphatic heterocycles. The van der Waals surface area contributed by atoms with Gasteiger partial charge in [-0.1, -0.05) is 26.8 Å². The van der Waals surface area contributed by atoms with E-state index in [2.05, 4.69) is 5.10 Å². The zero-order valence-corrected chi connectivity index (χ0v) is 10.9. The molecule has 1 N–H and O–H groups in total. The van der Waals surface area contributed by atoms with Crippen molar-refractivity contribution in [3.63, 3.8) is 0 Å². The van der Waals surface area contributed by atoms with Gasteiger partial charge in [0.15, 0.2) is 5.78 Å². The van der Waals surface area contributed by atoms with Crippen LogP contribution in [0.25, 0.3) is 5.52 Å². The van der Waals surface area contributed by atoms with Crippen LogP contribution in [0.3, 0.4) is 0 Å². The number of rotatable bonds is 4. The van der Waals surface area contributed by atoms with Gasteiger partial charge in [-0.25, -0.2) is 4.52 Å². The summed E-state index contributed by atoms with van der Waals surface area (Å²) in [4.78, 5) is 12.4. The van der Waals surface area contributed by atoms with Gasteiger partial charge in [0.2, 0.25) is 0 Å². The molecule has 2 heterocycles. The fraction of sp³-hybridized carbons (Fsp3) is 0.429. The highest BCUT2D eigenvalue weighted by molar-refractivity contribution is 6.04. The maximum atomic E-state index is 12.4. The van der Waals surface area contributed by atoms with E-state index in [4.69, 9.17) is 5.11 Å². The number of carbonyl (C=O) groups is 1. The Morgan fingerprint density at radius 1 is 1.39 bits per heavy atom. The first kappa shape index (κ1) is 12.8. The van der Waals surface area contributed by atoms with E-state index < -0.39 is 5.92 Å². The normalized spacial score (nSPS) is 13.2. The zero-order valence-electron chi connectivity index (χ0n) is 10.9. The number of ketones is 1. The van der Waals surface area contributed by atoms with Gasteiger partial charge in [0, 0.05) is 12.1 Å². The second-order valence-corrected chi connectivity index (χ2v) is 4.89. The average Bonchev–Trinajstić information content (AvgIpc) is 2.76. The van der Waals surface area contributed by atoms with Crippen molar-refractivity contribution >= 4 is 11.3 Å². The average molecular weight is 246 g/mol. The Labute approximate surface area is 106 Å². The third-order valence-corrected chi connectivity index (χ3v) is 3.08. The fourth-order valence-electron chi connectivity index (χ4n) is 2.00. The SMILES string of the molecule is CC(CO)C(=O)c1c(C(C)C)nn2ccccc12. The van der Waals surface area contributed by atoms with E-state index in [1.807, 2.05) is 38.2 Å². The minimum atomic E-state index is -0.393. The van der Waals surface area contributed by atoms with Crippen LogP contribution < -0.4 is 0 Å². The first-order valence-corrected chi connectivity index (χ1v) is 6.18. The number of hydrogen-bond acceptors (Lipinski definition) is 3. The minimum absolute atomic E-state index is 0.0394. The number of fused-ring (bicyclic) bond motifs is 1. The Balaban J connectivity index is 2.65. The van der Waals surface area contributed by atoms with E-state index in [0.717, 1.165) is 11.2 Å². The van der Waals surface area contributed by atoms with Crippen LogP contribution in [0.4, 0.5) is 0 Å². The smallest absolute Gasteiger partial charge is 0.172 e. The summed E-state index contributed by atoms with van der Waals surface area (Å²) in [5.41, 5.74) is 2.25. The molecular formula is C14H18N2O2. The molecule has 0 saturated carbocycles. The number of pyridine rings is 1. The quantitative estimate of drug-likeness (QED) is 0.842. The number of aliphatic hydroxyl groups excluding tert-OH is 1. The van der Waals surface area contributed by atoms with Gasteiger partial charge in [0.1, 0.15) is 0 Å². The highest BCUT2D eigenvalue weighted by atomic mass is 16.3. The molecule has 2 rings (SSSR count). The Bertz CT molecular complexity index is 572. The number of carbonyl (C=O) groups excluding carboxylic acids is 1. The third kappa shape index (κ3) is 2.04. The van der Waals surface area contributed by atoms with Crippen LogP contribution in [0.15, 0.2) is 24.4 Å². The van der Waals surface area contributed by atoms with Crippen molar-refractivity contribution in [3.05, 3.63) is 35.7 Å². The maximum absolute atomic E-state index is 12.4. The van der Waals surface area contributed by atoms with Crippen molar-refractivity contribution in [2.24, 2.45) is 5.92 Å². The summed E-state index contributed by atoms with van der Waals surface area (Å²) in [5.74, 6) is -0.257. The van der Waals surface area contributed by atoms with Gasteiger partial charge in [0.25, 0.3) is 0 Å². The van der Waals surface area contributed by atoms with E-state index >= 15 is 0 Å². The molecular weight excluding hydrogens is 228 g/mol. The lowest BCUT2D eigenvalue weighted by atomic mass is 9.95. The Morgan fingerprint density at radius 3 is 2.72 bits per heavy atom. The molecule has 0 saturated heterocycles. The molecule has 1 unspecified atom stereocenters. The van der Waals surface area contributed by atoms with Crippen molar-refractivity contribution in [1.29, 1.82) is 0 Å². The molecule has 4 nitrogen and oxygen atoms in total. The van der Waals surface area contributed by atoms with Crippen LogP contribution >= 0.6 is 0 Å². The summed E-state index contributed by atoms with van der Waals surface area (Å²) in [6.07, 6.45) is 1.83. The Hall–Kier alpha value is -1.68. The molecule has 0 aliphatic carbocycles. The summed E-state index contributed by atoms with van der Waals surface area (Å²) in [6, 6.07) is 5.66. The predicted molar refractivity (Wildman–Crippen MR) is 69.9 cm³/mol. The lowest BCUT2D eigenvalue weighted by molar-refractivity contribution is 0.0878.